The Balaban J connectivity index is 1.57. The second-order valence-electron chi connectivity index (χ2n) is 7.21. The molecule has 0 saturated carbocycles. The van der Waals surface area contributed by atoms with Crippen molar-refractivity contribution in [3.05, 3.63) is 72.3 Å². The number of rotatable bonds is 6. The fraction of sp³-hybridized carbons (Fsp3) is 0.208. The van der Waals surface area contributed by atoms with Gasteiger partial charge in [0, 0.05) is 23.4 Å². The number of carbonyl (C=O) groups excluding carboxylic acids is 1. The molecule has 1 aromatic heterocycles. The zero-order chi connectivity index (χ0) is 20.4. The van der Waals surface area contributed by atoms with E-state index in [1.165, 1.54) is 0 Å². The van der Waals surface area contributed by atoms with Crippen LogP contribution in [-0.4, -0.2) is 31.0 Å². The lowest BCUT2D eigenvalue weighted by molar-refractivity contribution is -0.120. The molecule has 0 fully saturated rings. The van der Waals surface area contributed by atoms with Crippen LogP contribution in [0.15, 0.2) is 71.1 Å². The molecular formula is C24H24N2O3. The van der Waals surface area contributed by atoms with Gasteiger partial charge in [-0.3, -0.25) is 9.69 Å². The van der Waals surface area contributed by atoms with Crippen LogP contribution < -0.4 is 10.1 Å². The van der Waals surface area contributed by atoms with E-state index in [1.54, 1.807) is 7.11 Å². The predicted octanol–water partition coefficient (Wildman–Crippen LogP) is 5.05. The molecule has 4 aromatic rings. The van der Waals surface area contributed by atoms with E-state index in [0.29, 0.717) is 23.6 Å². The average molecular weight is 388 g/mol. The highest BCUT2D eigenvalue weighted by atomic mass is 16.5. The summed E-state index contributed by atoms with van der Waals surface area (Å²) >= 11 is 0. The molecular weight excluding hydrogens is 364 g/mol. The van der Waals surface area contributed by atoms with Crippen molar-refractivity contribution in [2.24, 2.45) is 0 Å². The molecule has 0 radical (unpaired) electrons. The smallest absolute Gasteiger partial charge is 0.241 e. The number of fused-ring (bicyclic) bond motifs is 3. The first-order valence-corrected chi connectivity index (χ1v) is 9.61. The zero-order valence-corrected chi connectivity index (χ0v) is 16.8. The highest BCUT2D eigenvalue weighted by Crippen LogP contribution is 2.36. The van der Waals surface area contributed by atoms with Crippen molar-refractivity contribution in [2.75, 3.05) is 19.5 Å². The maximum absolute atomic E-state index is 12.9. The number of furan rings is 1. The molecule has 0 aliphatic carbocycles. The Bertz CT molecular complexity index is 1150. The molecule has 1 atom stereocenters. The van der Waals surface area contributed by atoms with E-state index in [2.05, 4.69) is 17.4 Å². The number of carbonyl (C=O) groups is 1. The Morgan fingerprint density at radius 3 is 2.52 bits per heavy atom. The Morgan fingerprint density at radius 1 is 1.03 bits per heavy atom. The van der Waals surface area contributed by atoms with E-state index in [9.17, 15) is 4.79 Å². The van der Waals surface area contributed by atoms with E-state index in [0.717, 1.165) is 21.9 Å². The minimum absolute atomic E-state index is 0.0998. The number of likely N-dealkylation sites (N-methyl/N-ethyl adjacent to an activating group) is 1. The summed E-state index contributed by atoms with van der Waals surface area (Å²) in [5.74, 6) is 0.507. The molecule has 29 heavy (non-hydrogen) atoms. The van der Waals surface area contributed by atoms with Crippen LogP contribution in [0.25, 0.3) is 21.9 Å². The second-order valence-corrected chi connectivity index (χ2v) is 7.21. The number of amides is 1. The lowest BCUT2D eigenvalue weighted by Gasteiger charge is -2.24. The number of benzene rings is 3. The number of hydrogen-bond donors (Lipinski definition) is 1. The first kappa shape index (κ1) is 19.0. The molecule has 0 saturated heterocycles. The van der Waals surface area contributed by atoms with Crippen LogP contribution in [0, 0.1) is 0 Å². The highest BCUT2D eigenvalue weighted by molar-refractivity contribution is 6.08. The van der Waals surface area contributed by atoms with Crippen LogP contribution in [0.1, 0.15) is 12.5 Å². The van der Waals surface area contributed by atoms with Gasteiger partial charge in [-0.05, 0) is 31.7 Å². The summed E-state index contributed by atoms with van der Waals surface area (Å²) in [6.07, 6.45) is 0. The molecule has 3 aromatic carbocycles. The molecule has 4 rings (SSSR count). The minimum Gasteiger partial charge on any atom is -0.495 e. The molecule has 0 spiro atoms. The number of hydrogen-bond acceptors (Lipinski definition) is 4. The molecule has 1 N–H and O–H groups in total. The van der Waals surface area contributed by atoms with E-state index >= 15 is 0 Å². The second kappa shape index (κ2) is 7.97. The number of methoxy groups -OCH3 is 1. The Kier molecular flexibility index (Phi) is 5.23. The van der Waals surface area contributed by atoms with Gasteiger partial charge in [0.15, 0.2) is 0 Å². The van der Waals surface area contributed by atoms with E-state index in [4.69, 9.17) is 9.15 Å². The third kappa shape index (κ3) is 3.82. The predicted molar refractivity (Wildman–Crippen MR) is 116 cm³/mol. The molecule has 5 heteroatoms. The summed E-state index contributed by atoms with van der Waals surface area (Å²) in [7, 11) is 3.54. The van der Waals surface area contributed by atoms with Gasteiger partial charge in [-0.2, -0.15) is 0 Å². The summed E-state index contributed by atoms with van der Waals surface area (Å²) in [5.41, 5.74) is 3.29. The summed E-state index contributed by atoms with van der Waals surface area (Å²) in [4.78, 5) is 14.9. The van der Waals surface area contributed by atoms with E-state index in [1.807, 2.05) is 73.5 Å². The topological polar surface area (TPSA) is 54.7 Å². The number of anilines is 1. The summed E-state index contributed by atoms with van der Waals surface area (Å²) in [6, 6.07) is 21.4. The van der Waals surface area contributed by atoms with Gasteiger partial charge in [0.25, 0.3) is 0 Å². The largest absolute Gasteiger partial charge is 0.495 e. The van der Waals surface area contributed by atoms with Crippen LogP contribution in [0.3, 0.4) is 0 Å². The van der Waals surface area contributed by atoms with Crippen molar-refractivity contribution in [1.29, 1.82) is 0 Å². The van der Waals surface area contributed by atoms with Gasteiger partial charge >= 0.3 is 0 Å². The van der Waals surface area contributed by atoms with Crippen molar-refractivity contribution < 1.29 is 13.9 Å². The lowest BCUT2D eigenvalue weighted by Crippen LogP contribution is -2.39. The first-order chi connectivity index (χ1) is 14.1. The van der Waals surface area contributed by atoms with Crippen molar-refractivity contribution in [3.63, 3.8) is 0 Å². The lowest BCUT2D eigenvalue weighted by atomic mass is 10.1. The summed E-state index contributed by atoms with van der Waals surface area (Å²) in [6.45, 7) is 2.58. The molecule has 1 heterocycles. The van der Waals surface area contributed by atoms with Gasteiger partial charge in [-0.25, -0.2) is 0 Å². The molecule has 1 amide bonds. The Morgan fingerprint density at radius 2 is 1.76 bits per heavy atom. The quantitative estimate of drug-likeness (QED) is 0.502. The molecule has 148 valence electrons. The molecule has 5 nitrogen and oxygen atoms in total. The SMILES string of the molecule is COc1cc2c(cc1NC(=O)[C@@H](C)N(C)Cc1ccccc1)oc1ccccc12. The summed E-state index contributed by atoms with van der Waals surface area (Å²) < 4.78 is 11.5. The number of ether oxygens (including phenoxy) is 1. The fourth-order valence-corrected chi connectivity index (χ4v) is 3.46. The van der Waals surface area contributed by atoms with Gasteiger partial charge < -0.3 is 14.5 Å². The van der Waals surface area contributed by atoms with Gasteiger partial charge in [-0.15, -0.1) is 0 Å². The number of para-hydroxylation sites is 1. The van der Waals surface area contributed by atoms with Crippen molar-refractivity contribution in [3.8, 4) is 5.75 Å². The molecule has 0 aliphatic heterocycles. The van der Waals surface area contributed by atoms with E-state index in [-0.39, 0.29) is 11.9 Å². The average Bonchev–Trinajstić information content (AvgIpc) is 3.10. The van der Waals surface area contributed by atoms with Crippen molar-refractivity contribution in [1.82, 2.24) is 4.90 Å². The van der Waals surface area contributed by atoms with Crippen molar-refractivity contribution in [2.45, 2.75) is 19.5 Å². The van der Waals surface area contributed by atoms with Crippen LogP contribution in [0.5, 0.6) is 5.75 Å². The number of nitrogens with zero attached hydrogens (tertiary/aromatic N) is 1. The van der Waals surface area contributed by atoms with Crippen LogP contribution >= 0.6 is 0 Å². The van der Waals surface area contributed by atoms with Crippen LogP contribution in [-0.2, 0) is 11.3 Å². The first-order valence-electron chi connectivity index (χ1n) is 9.61. The van der Waals surface area contributed by atoms with Gasteiger partial charge in [0.2, 0.25) is 5.91 Å². The third-order valence-electron chi connectivity index (χ3n) is 5.27. The molecule has 0 aliphatic rings. The fourth-order valence-electron chi connectivity index (χ4n) is 3.46. The summed E-state index contributed by atoms with van der Waals surface area (Å²) in [5, 5.41) is 4.98. The van der Waals surface area contributed by atoms with Gasteiger partial charge in [-0.1, -0.05) is 48.5 Å². The van der Waals surface area contributed by atoms with Gasteiger partial charge in [0.05, 0.1) is 18.8 Å². The zero-order valence-electron chi connectivity index (χ0n) is 16.8. The molecule has 0 bridgehead atoms. The van der Waals surface area contributed by atoms with Crippen LogP contribution in [0.4, 0.5) is 5.69 Å². The Hall–Kier alpha value is -3.31. The van der Waals surface area contributed by atoms with Crippen LogP contribution in [0.2, 0.25) is 0 Å². The maximum atomic E-state index is 12.9. The molecule has 0 unspecified atom stereocenters. The van der Waals surface area contributed by atoms with Crippen molar-refractivity contribution >= 4 is 33.5 Å². The standard InChI is InChI=1S/C24H24N2O3/c1-16(26(2)15-17-9-5-4-6-10-17)24(27)25-20-14-22-19(13-23(20)28-3)18-11-7-8-12-21(18)29-22/h4-14,16H,15H2,1-3H3,(H,25,27)/t16-/m1/s1. The minimum atomic E-state index is -0.314. The third-order valence-corrected chi connectivity index (χ3v) is 5.27. The monoisotopic (exact) mass is 388 g/mol. The highest BCUT2D eigenvalue weighted by Gasteiger charge is 2.21. The maximum Gasteiger partial charge on any atom is 0.241 e. The Labute approximate surface area is 169 Å². The van der Waals surface area contributed by atoms with E-state index < -0.39 is 0 Å². The number of nitrogens with one attached hydrogen (secondary N) is 1. The normalized spacial score (nSPS) is 12.4. The van der Waals surface area contributed by atoms with Gasteiger partial charge in [0.1, 0.15) is 16.9 Å².